The van der Waals surface area contributed by atoms with Crippen molar-refractivity contribution in [2.24, 2.45) is 0 Å². The minimum absolute atomic E-state index is 0.120. The monoisotopic (exact) mass is 407 g/mol. The summed E-state index contributed by atoms with van der Waals surface area (Å²) in [5, 5.41) is 11.1. The molecule has 0 saturated heterocycles. The molecule has 0 atom stereocenters. The summed E-state index contributed by atoms with van der Waals surface area (Å²) in [5.74, 6) is -2.84. The molecule has 0 bridgehead atoms. The van der Waals surface area contributed by atoms with E-state index >= 15 is 0 Å². The van der Waals surface area contributed by atoms with E-state index in [9.17, 15) is 36.2 Å². The van der Waals surface area contributed by atoms with Gasteiger partial charge in [-0.2, -0.15) is 26.3 Å². The third-order valence-corrected chi connectivity index (χ3v) is 4.32. The van der Waals surface area contributed by atoms with Crippen LogP contribution in [-0.2, 0) is 9.53 Å². The van der Waals surface area contributed by atoms with Gasteiger partial charge in [-0.3, -0.25) is 4.79 Å². The smallest absolute Gasteiger partial charge is 0.399 e. The van der Waals surface area contributed by atoms with Gasteiger partial charge >= 0.3 is 18.3 Å². The Morgan fingerprint density at radius 2 is 1.04 bits per heavy atom. The maximum Gasteiger partial charge on any atom is 0.399 e. The molecule has 0 aromatic rings. The summed E-state index contributed by atoms with van der Waals surface area (Å²) >= 11 is 0. The first-order chi connectivity index (χ1) is 12.5. The molecule has 0 amide bonds. The second kappa shape index (κ2) is 12.5. The highest BCUT2D eigenvalue weighted by Gasteiger charge is 2.68. The maximum atomic E-state index is 12.4. The van der Waals surface area contributed by atoms with Gasteiger partial charge in [0.1, 0.15) is 0 Å². The van der Waals surface area contributed by atoms with E-state index in [1.54, 1.807) is 0 Å². The highest BCUT2D eigenvalue weighted by Crippen LogP contribution is 2.41. The van der Waals surface area contributed by atoms with Crippen molar-refractivity contribution in [1.82, 2.24) is 0 Å². The number of hydrogen-bond acceptors (Lipinski definition) is 3. The average Bonchev–Trinajstić information content (AvgIpc) is 2.56. The third-order valence-electron chi connectivity index (χ3n) is 4.32. The van der Waals surface area contributed by atoms with E-state index in [1.165, 1.54) is 32.1 Å². The Balaban J connectivity index is 3.85. The fraction of sp³-hybridized carbons (Fsp3) is 0.944. The zero-order valence-corrected chi connectivity index (χ0v) is 15.7. The molecular weight excluding hydrogens is 378 g/mol. The van der Waals surface area contributed by atoms with Crippen LogP contribution in [0.25, 0.3) is 0 Å². The van der Waals surface area contributed by atoms with Crippen LogP contribution in [-0.4, -0.2) is 30.5 Å². The molecule has 0 spiro atoms. The fourth-order valence-electron chi connectivity index (χ4n) is 2.60. The number of alkyl halides is 6. The molecule has 0 aliphatic heterocycles. The SMILES string of the molecule is CCCCCCCCCCCCCCOC(=O)C([O-])(C(F)(F)F)C(F)(F)F. The van der Waals surface area contributed by atoms with Crippen LogP contribution < -0.4 is 5.11 Å². The number of esters is 1. The van der Waals surface area contributed by atoms with Gasteiger partial charge in [-0.25, -0.2) is 0 Å². The molecular formula is C18H29F6O3-. The molecule has 162 valence electrons. The molecule has 0 aliphatic rings. The van der Waals surface area contributed by atoms with E-state index in [0.717, 1.165) is 32.1 Å². The molecule has 3 nitrogen and oxygen atoms in total. The summed E-state index contributed by atoms with van der Waals surface area (Å²) in [7, 11) is 0. The lowest BCUT2D eigenvalue weighted by atomic mass is 10.0. The number of rotatable bonds is 14. The first-order valence-corrected chi connectivity index (χ1v) is 9.49. The van der Waals surface area contributed by atoms with Gasteiger partial charge in [-0.05, 0) is 6.42 Å². The topological polar surface area (TPSA) is 49.4 Å². The van der Waals surface area contributed by atoms with Crippen molar-refractivity contribution in [3.63, 3.8) is 0 Å². The van der Waals surface area contributed by atoms with Crippen LogP contribution in [0.3, 0.4) is 0 Å². The quantitative estimate of drug-likeness (QED) is 0.218. The van der Waals surface area contributed by atoms with Gasteiger partial charge in [0.2, 0.25) is 0 Å². The Morgan fingerprint density at radius 3 is 1.37 bits per heavy atom. The number of ether oxygens (including phenoxy) is 1. The number of halogens is 6. The minimum atomic E-state index is -6.31. The van der Waals surface area contributed by atoms with Crippen LogP contribution in [0.2, 0.25) is 0 Å². The summed E-state index contributed by atoms with van der Waals surface area (Å²) in [5.41, 5.74) is -5.74. The summed E-state index contributed by atoms with van der Waals surface area (Å²) < 4.78 is 78.3. The second-order valence-electron chi connectivity index (χ2n) is 6.70. The first-order valence-electron chi connectivity index (χ1n) is 9.49. The molecule has 0 N–H and O–H groups in total. The van der Waals surface area contributed by atoms with E-state index in [0.29, 0.717) is 6.42 Å². The Kier molecular flexibility index (Phi) is 12.0. The van der Waals surface area contributed by atoms with Crippen molar-refractivity contribution in [1.29, 1.82) is 0 Å². The lowest BCUT2D eigenvalue weighted by Crippen LogP contribution is -2.71. The second-order valence-corrected chi connectivity index (χ2v) is 6.70. The molecule has 9 heteroatoms. The fourth-order valence-corrected chi connectivity index (χ4v) is 2.60. The molecule has 0 aliphatic carbocycles. The highest BCUT2D eigenvalue weighted by atomic mass is 19.4. The van der Waals surface area contributed by atoms with Crippen molar-refractivity contribution in [3.05, 3.63) is 0 Å². The first kappa shape index (κ1) is 26.0. The zero-order valence-electron chi connectivity index (χ0n) is 15.7. The molecule has 0 saturated carbocycles. The lowest BCUT2D eigenvalue weighted by Gasteiger charge is -2.40. The molecule has 0 aromatic carbocycles. The van der Waals surface area contributed by atoms with Crippen LogP contribution in [0.5, 0.6) is 0 Å². The number of carbonyl (C=O) groups is 1. The Hall–Kier alpha value is -0.990. The molecule has 0 unspecified atom stereocenters. The third kappa shape index (κ3) is 9.17. The van der Waals surface area contributed by atoms with Crippen LogP contribution >= 0.6 is 0 Å². The number of unbranched alkanes of at least 4 members (excludes halogenated alkanes) is 11. The molecule has 0 fully saturated rings. The zero-order chi connectivity index (χ0) is 21.0. The average molecular weight is 407 g/mol. The highest BCUT2D eigenvalue weighted by molar-refractivity contribution is 5.81. The van der Waals surface area contributed by atoms with E-state index in [4.69, 9.17) is 0 Å². The Morgan fingerprint density at radius 1 is 0.704 bits per heavy atom. The van der Waals surface area contributed by atoms with E-state index in [-0.39, 0.29) is 6.42 Å². The summed E-state index contributed by atoms with van der Waals surface area (Å²) in [6.07, 6.45) is -0.933. The van der Waals surface area contributed by atoms with Gasteiger partial charge in [0.15, 0.2) is 5.60 Å². The number of carbonyl (C=O) groups excluding carboxylic acids is 1. The molecule has 0 radical (unpaired) electrons. The molecule has 0 rings (SSSR count). The standard InChI is InChI=1S/C18H29F6O3/c1-2-3-4-5-6-7-8-9-10-11-12-13-14-27-15(25)16(26,17(19,20)21)18(22,23)24/h2-14H2,1H3/q-1. The predicted molar refractivity (Wildman–Crippen MR) is 86.9 cm³/mol. The number of hydrogen-bond donors (Lipinski definition) is 0. The Bertz CT molecular complexity index is 393. The summed E-state index contributed by atoms with van der Waals surface area (Å²) in [4.78, 5) is 11.1. The van der Waals surface area contributed by atoms with Gasteiger partial charge in [0, 0.05) is 0 Å². The molecule has 0 aromatic heterocycles. The van der Waals surface area contributed by atoms with E-state index in [2.05, 4.69) is 11.7 Å². The van der Waals surface area contributed by atoms with Gasteiger partial charge in [0.05, 0.1) is 6.61 Å². The lowest BCUT2D eigenvalue weighted by molar-refractivity contribution is -0.574. The van der Waals surface area contributed by atoms with Crippen molar-refractivity contribution in [2.75, 3.05) is 6.61 Å². The van der Waals surface area contributed by atoms with Crippen LogP contribution in [0.4, 0.5) is 26.3 Å². The predicted octanol–water partition coefficient (Wildman–Crippen LogP) is 5.45. The minimum Gasteiger partial charge on any atom is -0.828 e. The van der Waals surface area contributed by atoms with Gasteiger partial charge in [0.25, 0.3) is 0 Å². The summed E-state index contributed by atoms with van der Waals surface area (Å²) in [6.45, 7) is 1.52. The van der Waals surface area contributed by atoms with Crippen molar-refractivity contribution < 1.29 is 41.0 Å². The van der Waals surface area contributed by atoms with Crippen molar-refractivity contribution in [2.45, 2.75) is 102 Å². The normalized spacial score (nSPS) is 13.0. The van der Waals surface area contributed by atoms with Crippen LogP contribution in [0, 0.1) is 0 Å². The van der Waals surface area contributed by atoms with Crippen LogP contribution in [0.15, 0.2) is 0 Å². The maximum absolute atomic E-state index is 12.4. The molecule has 0 heterocycles. The van der Waals surface area contributed by atoms with Crippen molar-refractivity contribution in [3.8, 4) is 0 Å². The summed E-state index contributed by atoms with van der Waals surface area (Å²) in [6, 6.07) is 0. The van der Waals surface area contributed by atoms with E-state index in [1.807, 2.05) is 0 Å². The Labute approximate surface area is 156 Å². The van der Waals surface area contributed by atoms with Gasteiger partial charge in [-0.15, -0.1) is 0 Å². The molecule has 27 heavy (non-hydrogen) atoms. The van der Waals surface area contributed by atoms with Crippen molar-refractivity contribution >= 4 is 5.97 Å². The van der Waals surface area contributed by atoms with Crippen LogP contribution in [0.1, 0.15) is 84.0 Å². The largest absolute Gasteiger partial charge is 0.828 e. The van der Waals surface area contributed by atoms with Gasteiger partial charge in [-0.1, -0.05) is 77.6 Å². The van der Waals surface area contributed by atoms with E-state index < -0.39 is 30.5 Å². The van der Waals surface area contributed by atoms with Gasteiger partial charge < -0.3 is 9.84 Å².